The van der Waals surface area contributed by atoms with Gasteiger partial charge in [-0.2, -0.15) is 13.2 Å². The van der Waals surface area contributed by atoms with Gasteiger partial charge in [-0.1, -0.05) is 12.1 Å². The third-order valence-electron chi connectivity index (χ3n) is 5.33. The topological polar surface area (TPSA) is 161 Å². The van der Waals surface area contributed by atoms with Gasteiger partial charge in [-0.3, -0.25) is 14.5 Å². The highest BCUT2D eigenvalue weighted by Crippen LogP contribution is 2.40. The second-order valence-electron chi connectivity index (χ2n) is 7.73. The Morgan fingerprint density at radius 3 is 2.46 bits per heavy atom. The van der Waals surface area contributed by atoms with Gasteiger partial charge < -0.3 is 26.0 Å². The minimum Gasteiger partial charge on any atom is -0.508 e. The second kappa shape index (κ2) is 10.00. The number of hydrogen-bond donors (Lipinski definition) is 4. The molecule has 0 spiro atoms. The fourth-order valence-corrected chi connectivity index (χ4v) is 4.94. The van der Waals surface area contributed by atoms with Gasteiger partial charge in [-0.15, -0.1) is 11.8 Å². The van der Waals surface area contributed by atoms with Crippen molar-refractivity contribution in [3.05, 3.63) is 52.7 Å². The minimum absolute atomic E-state index is 0.0813. The van der Waals surface area contributed by atoms with Crippen molar-refractivity contribution in [1.29, 1.82) is 0 Å². The van der Waals surface area contributed by atoms with Crippen LogP contribution in [0.3, 0.4) is 0 Å². The van der Waals surface area contributed by atoms with Crippen LogP contribution in [0.25, 0.3) is 0 Å². The van der Waals surface area contributed by atoms with Gasteiger partial charge in [0.1, 0.15) is 22.9 Å². The van der Waals surface area contributed by atoms with Gasteiger partial charge in [0.05, 0.1) is 0 Å². The van der Waals surface area contributed by atoms with Crippen molar-refractivity contribution in [2.75, 3.05) is 12.3 Å². The maximum atomic E-state index is 12.7. The van der Waals surface area contributed by atoms with Crippen LogP contribution in [0.4, 0.5) is 13.2 Å². The number of hydrogen-bond acceptors (Lipinski definition) is 7. The van der Waals surface area contributed by atoms with Crippen molar-refractivity contribution < 1.29 is 47.7 Å². The fraction of sp³-hybridized carbons (Fsp3) is 0.333. The molecular formula is C21H20F3N3O7S. The number of fused-ring (bicyclic) bond motifs is 1. The number of carbonyl (C=O) groups excluding carboxylic acids is 2. The number of aromatic hydroxyl groups is 1. The maximum absolute atomic E-state index is 12.7. The molecule has 0 bridgehead atoms. The van der Waals surface area contributed by atoms with E-state index >= 15 is 0 Å². The molecule has 3 aliphatic rings. The molecule has 10 nitrogen and oxygen atoms in total. The number of nitrogens with zero attached hydrogens (tertiary/aromatic N) is 2. The van der Waals surface area contributed by atoms with Gasteiger partial charge in [0.2, 0.25) is 11.8 Å². The van der Waals surface area contributed by atoms with E-state index in [1.165, 1.54) is 16.7 Å². The zero-order valence-corrected chi connectivity index (χ0v) is 18.7. The number of nitrogens with two attached hydrogens (primary N) is 1. The predicted molar refractivity (Wildman–Crippen MR) is 116 cm³/mol. The standard InChI is InChI=1S/C19H19N3O5S.C2HF3O2/c20-14-17(25)22-15(19(26)27)12(9-28-18(14)22)7-11-4-5-21(16(11)24)8-10-2-1-3-13(23)6-10;3-2(4,5)1(6)7/h1-3,6-7,14,18,23H,4-5,8-9,20H2,(H,26,27);(H,6,7)/b11-7+;/t14-,18-;/m1./s1. The zero-order chi connectivity index (χ0) is 26.1. The second-order valence-corrected chi connectivity index (χ2v) is 8.84. The summed E-state index contributed by atoms with van der Waals surface area (Å²) in [6.07, 6.45) is -2.98. The number of carbonyl (C=O) groups is 4. The van der Waals surface area contributed by atoms with Crippen LogP contribution in [0.1, 0.15) is 12.0 Å². The number of carboxylic acid groups (broad SMARTS) is 2. The molecule has 2 atom stereocenters. The third-order valence-corrected chi connectivity index (χ3v) is 6.65. The van der Waals surface area contributed by atoms with Crippen LogP contribution >= 0.6 is 11.8 Å². The SMILES string of the molecule is N[C@@H]1C(=O)N2C(C(=O)O)=C(/C=C3\CCN(Cc4cccc(O)c4)C3=O)CS[C@H]12.O=C(O)C(F)(F)F. The normalized spacial score (nSPS) is 23.0. The predicted octanol–water partition coefficient (Wildman–Crippen LogP) is 1.27. The molecule has 0 aromatic heterocycles. The van der Waals surface area contributed by atoms with Crippen LogP contribution < -0.4 is 5.73 Å². The number of phenolic OH excluding ortho intramolecular Hbond substituents is 1. The highest BCUT2D eigenvalue weighted by molar-refractivity contribution is 8.00. The molecule has 188 valence electrons. The lowest BCUT2D eigenvalue weighted by Gasteiger charge is -2.47. The van der Waals surface area contributed by atoms with E-state index < -0.39 is 30.1 Å². The first-order chi connectivity index (χ1) is 16.3. The summed E-state index contributed by atoms with van der Waals surface area (Å²) in [6, 6.07) is 6.04. The number of β-lactam (4-membered cyclic amide) rings is 1. The van der Waals surface area contributed by atoms with Gasteiger partial charge in [-0.05, 0) is 35.8 Å². The largest absolute Gasteiger partial charge is 0.508 e. The zero-order valence-electron chi connectivity index (χ0n) is 17.9. The summed E-state index contributed by atoms with van der Waals surface area (Å²) < 4.78 is 31.7. The van der Waals surface area contributed by atoms with Gasteiger partial charge in [0.25, 0.3) is 0 Å². The number of alkyl halides is 3. The molecule has 1 aromatic rings. The summed E-state index contributed by atoms with van der Waals surface area (Å²) in [7, 11) is 0. The summed E-state index contributed by atoms with van der Waals surface area (Å²) in [5.41, 5.74) is 7.46. The number of halogens is 3. The minimum atomic E-state index is -5.08. The molecule has 0 saturated carbocycles. The van der Waals surface area contributed by atoms with Gasteiger partial charge in [0.15, 0.2) is 0 Å². The van der Waals surface area contributed by atoms with Crippen LogP contribution in [-0.2, 0) is 25.7 Å². The third kappa shape index (κ3) is 5.59. The molecule has 4 rings (SSSR count). The number of likely N-dealkylation sites (tertiary alicyclic amines) is 1. The Bertz CT molecular complexity index is 1140. The van der Waals surface area contributed by atoms with Gasteiger partial charge >= 0.3 is 18.1 Å². The molecule has 35 heavy (non-hydrogen) atoms. The lowest BCUT2D eigenvalue weighted by molar-refractivity contribution is -0.192. The van der Waals surface area contributed by atoms with Crippen molar-refractivity contribution in [2.45, 2.75) is 30.6 Å². The van der Waals surface area contributed by atoms with Gasteiger partial charge in [0, 0.05) is 24.4 Å². The Balaban J connectivity index is 0.000000429. The average Bonchev–Trinajstić information content (AvgIpc) is 3.11. The van der Waals surface area contributed by atoms with Crippen molar-refractivity contribution >= 4 is 35.5 Å². The monoisotopic (exact) mass is 515 g/mol. The first kappa shape index (κ1) is 26.1. The number of carboxylic acids is 2. The Morgan fingerprint density at radius 1 is 1.23 bits per heavy atom. The summed E-state index contributed by atoms with van der Waals surface area (Å²) in [4.78, 5) is 48.3. The van der Waals surface area contributed by atoms with Crippen molar-refractivity contribution in [3.8, 4) is 5.75 Å². The van der Waals surface area contributed by atoms with Crippen molar-refractivity contribution in [1.82, 2.24) is 9.80 Å². The van der Waals surface area contributed by atoms with Crippen molar-refractivity contribution in [3.63, 3.8) is 0 Å². The Morgan fingerprint density at radius 2 is 1.89 bits per heavy atom. The summed E-state index contributed by atoms with van der Waals surface area (Å²) >= 11 is 1.41. The molecular weight excluding hydrogens is 495 g/mol. The molecule has 3 heterocycles. The van der Waals surface area contributed by atoms with Gasteiger partial charge in [-0.25, -0.2) is 9.59 Å². The average molecular weight is 515 g/mol. The maximum Gasteiger partial charge on any atom is 0.490 e. The van der Waals surface area contributed by atoms with Crippen LogP contribution in [0, 0.1) is 0 Å². The van der Waals surface area contributed by atoms with E-state index in [2.05, 4.69) is 0 Å². The fourth-order valence-electron chi connectivity index (χ4n) is 3.69. The summed E-state index contributed by atoms with van der Waals surface area (Å²) in [6.45, 7) is 0.880. The quantitative estimate of drug-likeness (QED) is 0.342. The lowest BCUT2D eigenvalue weighted by atomic mass is 10.0. The van der Waals surface area contributed by atoms with E-state index in [0.29, 0.717) is 36.4 Å². The first-order valence-corrected chi connectivity index (χ1v) is 11.1. The lowest BCUT2D eigenvalue weighted by Crippen LogP contribution is -2.68. The highest BCUT2D eigenvalue weighted by atomic mass is 32.2. The van der Waals surface area contributed by atoms with Crippen LogP contribution in [0.15, 0.2) is 47.2 Å². The molecule has 2 saturated heterocycles. The van der Waals surface area contributed by atoms with Crippen LogP contribution in [0.5, 0.6) is 5.75 Å². The smallest absolute Gasteiger partial charge is 0.490 e. The van der Waals surface area contributed by atoms with Crippen molar-refractivity contribution in [2.24, 2.45) is 5.73 Å². The highest BCUT2D eigenvalue weighted by Gasteiger charge is 2.51. The van der Waals surface area contributed by atoms with Crippen LogP contribution in [-0.4, -0.2) is 78.8 Å². The van der Waals surface area contributed by atoms with E-state index in [9.17, 15) is 37.8 Å². The van der Waals surface area contributed by atoms with Crippen LogP contribution in [0.2, 0.25) is 0 Å². The number of allylic oxidation sites excluding steroid dienone is 1. The molecule has 1 aromatic carbocycles. The number of thioether (sulfide) groups is 1. The Hall–Kier alpha value is -3.52. The Kier molecular flexibility index (Phi) is 7.45. The van der Waals surface area contributed by atoms with E-state index in [4.69, 9.17) is 15.6 Å². The molecule has 0 unspecified atom stereocenters. The van der Waals surface area contributed by atoms with E-state index in [0.717, 1.165) is 5.56 Å². The van der Waals surface area contributed by atoms with E-state index in [1.807, 2.05) is 6.07 Å². The molecule has 14 heteroatoms. The number of aliphatic carboxylic acids is 2. The molecule has 0 radical (unpaired) electrons. The number of rotatable bonds is 4. The molecule has 5 N–H and O–H groups in total. The Labute approximate surface area is 200 Å². The number of amides is 2. The molecule has 3 aliphatic heterocycles. The molecule has 2 amide bonds. The van der Waals surface area contributed by atoms with E-state index in [1.54, 1.807) is 29.2 Å². The van der Waals surface area contributed by atoms with E-state index in [-0.39, 0.29) is 22.7 Å². The number of phenols is 1. The number of benzene rings is 1. The summed E-state index contributed by atoms with van der Waals surface area (Å²) in [5.74, 6) is -4.00. The molecule has 2 fully saturated rings. The molecule has 0 aliphatic carbocycles. The first-order valence-electron chi connectivity index (χ1n) is 10.1. The summed E-state index contributed by atoms with van der Waals surface area (Å²) in [5, 5.41) is 25.9.